The van der Waals surface area contributed by atoms with Gasteiger partial charge in [-0.1, -0.05) is 48.5 Å². The van der Waals surface area contributed by atoms with Crippen LogP contribution in [0.15, 0.2) is 94.7 Å². The Hall–Kier alpha value is -2.99. The molecule has 4 aromatic carbocycles. The van der Waals surface area contributed by atoms with Gasteiger partial charge in [-0.2, -0.15) is 10.0 Å². The fourth-order valence-electron chi connectivity index (χ4n) is 4.97. The van der Waals surface area contributed by atoms with E-state index in [1.165, 1.54) is 20.9 Å². The molecule has 3 nitrogen and oxygen atoms in total. The lowest BCUT2D eigenvalue weighted by molar-refractivity contribution is 0.426. The highest BCUT2D eigenvalue weighted by Gasteiger charge is 2.32. The molecule has 1 aliphatic heterocycles. The molecule has 5 aromatic rings. The second-order valence-corrected chi connectivity index (χ2v) is 12.0. The number of hydrogen-bond acceptors (Lipinski definition) is 2. The number of hydrogen-bond donors (Lipinski definition) is 2. The normalized spacial score (nSPS) is 15.1. The molecule has 0 bridgehead atoms. The van der Waals surface area contributed by atoms with Gasteiger partial charge in [0.15, 0.2) is 0 Å². The summed E-state index contributed by atoms with van der Waals surface area (Å²) in [6.45, 7) is 0. The Morgan fingerprint density at radius 1 is 0.677 bits per heavy atom. The first-order chi connectivity index (χ1) is 15.0. The Morgan fingerprint density at radius 2 is 1.39 bits per heavy atom. The van der Waals surface area contributed by atoms with Crippen molar-refractivity contribution in [2.75, 3.05) is 12.5 Å². The molecule has 152 valence electrons. The van der Waals surface area contributed by atoms with Gasteiger partial charge in [-0.25, -0.2) is 0 Å². The molecule has 2 heterocycles. The molecule has 0 atom stereocenters. The van der Waals surface area contributed by atoms with Crippen LogP contribution in [0.2, 0.25) is 0 Å². The molecule has 31 heavy (non-hydrogen) atoms. The van der Waals surface area contributed by atoms with Crippen LogP contribution < -0.4 is 5.46 Å². The summed E-state index contributed by atoms with van der Waals surface area (Å²) < 4.78 is 2.29. The monoisotopic (exact) mass is 423 g/mol. The van der Waals surface area contributed by atoms with Crippen molar-refractivity contribution in [3.63, 3.8) is 0 Å². The second kappa shape index (κ2) is 6.51. The maximum absolute atomic E-state index is 9.78. The largest absolute Gasteiger partial charge is 0.488 e. The van der Waals surface area contributed by atoms with Gasteiger partial charge in [0, 0.05) is 26.3 Å². The molecule has 0 unspecified atom stereocenters. The summed E-state index contributed by atoms with van der Waals surface area (Å²) in [5.74, 6) is 0. The van der Waals surface area contributed by atoms with Crippen LogP contribution in [-0.4, -0.2) is 34.2 Å². The molecule has 0 saturated heterocycles. The quantitative estimate of drug-likeness (QED) is 0.396. The molecule has 2 N–H and O–H groups in total. The number of fused-ring (bicyclic) bond motifs is 6. The van der Waals surface area contributed by atoms with Gasteiger partial charge < -0.3 is 14.6 Å². The standard InChI is InChI=1S/C26H22BNO2S/c1-31(2)25-11-7-6-10-19(25)22-15-21-20-14-17(27(29)30)12-13-23(20)28(24(21)16-26(22)31)18-8-4-3-5-9-18/h3-16,29-30H,1-2H3. The van der Waals surface area contributed by atoms with Gasteiger partial charge in [0.05, 0.1) is 11.0 Å². The summed E-state index contributed by atoms with van der Waals surface area (Å²) in [4.78, 5) is 2.84. The van der Waals surface area contributed by atoms with Crippen molar-refractivity contribution in [3.8, 4) is 16.8 Å². The van der Waals surface area contributed by atoms with Crippen molar-refractivity contribution in [2.45, 2.75) is 9.79 Å². The minimum absolute atomic E-state index is 0.506. The van der Waals surface area contributed by atoms with E-state index in [1.807, 2.05) is 18.2 Å². The molecule has 5 heteroatoms. The Balaban J connectivity index is 1.78. The van der Waals surface area contributed by atoms with Gasteiger partial charge in [0.25, 0.3) is 0 Å². The van der Waals surface area contributed by atoms with Crippen LogP contribution in [0, 0.1) is 0 Å². The van der Waals surface area contributed by atoms with E-state index in [9.17, 15) is 10.0 Å². The molecule has 1 aliphatic rings. The lowest BCUT2D eigenvalue weighted by Crippen LogP contribution is -2.29. The van der Waals surface area contributed by atoms with Gasteiger partial charge in [-0.05, 0) is 65.5 Å². The van der Waals surface area contributed by atoms with Crippen molar-refractivity contribution >= 4 is 44.4 Å². The fourth-order valence-corrected chi connectivity index (χ4v) is 7.47. The molecular weight excluding hydrogens is 401 g/mol. The van der Waals surface area contributed by atoms with Gasteiger partial charge in [0.2, 0.25) is 0 Å². The summed E-state index contributed by atoms with van der Waals surface area (Å²) in [7, 11) is -2.60. The maximum Gasteiger partial charge on any atom is 0.488 e. The van der Waals surface area contributed by atoms with Gasteiger partial charge in [-0.3, -0.25) is 0 Å². The van der Waals surface area contributed by atoms with Crippen molar-refractivity contribution < 1.29 is 10.0 Å². The van der Waals surface area contributed by atoms with Crippen LogP contribution in [0.1, 0.15) is 0 Å². The molecule has 0 aliphatic carbocycles. The summed E-state index contributed by atoms with van der Waals surface area (Å²) in [6, 6.07) is 29.5. The zero-order valence-electron chi connectivity index (χ0n) is 17.4. The summed E-state index contributed by atoms with van der Waals surface area (Å²) in [6.07, 6.45) is 4.75. The van der Waals surface area contributed by atoms with Crippen LogP contribution in [0.3, 0.4) is 0 Å². The molecule has 6 rings (SSSR count). The Kier molecular flexibility index (Phi) is 3.94. The van der Waals surface area contributed by atoms with E-state index >= 15 is 0 Å². The van der Waals surface area contributed by atoms with Crippen LogP contribution in [-0.2, 0) is 0 Å². The van der Waals surface area contributed by atoms with E-state index in [-0.39, 0.29) is 0 Å². The highest BCUT2D eigenvalue weighted by atomic mass is 32.3. The first-order valence-corrected chi connectivity index (χ1v) is 12.8. The van der Waals surface area contributed by atoms with Crippen molar-refractivity contribution in [2.24, 2.45) is 0 Å². The zero-order chi connectivity index (χ0) is 21.3. The third-order valence-corrected chi connectivity index (χ3v) is 9.37. The van der Waals surface area contributed by atoms with Gasteiger partial charge in [0.1, 0.15) is 0 Å². The number of benzene rings is 4. The smallest absolute Gasteiger partial charge is 0.423 e. The van der Waals surface area contributed by atoms with E-state index in [4.69, 9.17) is 0 Å². The third kappa shape index (κ3) is 2.58. The minimum atomic E-state index is -1.49. The van der Waals surface area contributed by atoms with Crippen molar-refractivity contribution in [1.29, 1.82) is 0 Å². The highest BCUT2D eigenvalue weighted by Crippen LogP contribution is 2.67. The Bertz CT molecular complexity index is 1490. The van der Waals surface area contributed by atoms with Crippen LogP contribution in [0.25, 0.3) is 38.6 Å². The van der Waals surface area contributed by atoms with E-state index < -0.39 is 17.1 Å². The lowest BCUT2D eigenvalue weighted by atomic mass is 9.80. The molecule has 0 amide bonds. The van der Waals surface area contributed by atoms with Crippen molar-refractivity contribution in [1.82, 2.24) is 4.57 Å². The Morgan fingerprint density at radius 3 is 2.16 bits per heavy atom. The van der Waals surface area contributed by atoms with E-state index in [0.29, 0.717) is 5.46 Å². The number of aromatic nitrogens is 1. The predicted molar refractivity (Wildman–Crippen MR) is 132 cm³/mol. The Labute approximate surface area is 183 Å². The summed E-state index contributed by atoms with van der Waals surface area (Å²) in [5.41, 5.74) is 6.44. The molecule has 0 radical (unpaired) electrons. The first-order valence-electron chi connectivity index (χ1n) is 10.3. The maximum atomic E-state index is 9.78. The minimum Gasteiger partial charge on any atom is -0.423 e. The molecule has 1 aromatic heterocycles. The topological polar surface area (TPSA) is 45.4 Å². The number of nitrogens with zero attached hydrogens (tertiary/aromatic N) is 1. The van der Waals surface area contributed by atoms with Crippen molar-refractivity contribution in [3.05, 3.63) is 84.9 Å². The van der Waals surface area contributed by atoms with E-state index in [0.717, 1.165) is 27.5 Å². The zero-order valence-corrected chi connectivity index (χ0v) is 18.2. The van der Waals surface area contributed by atoms with Crippen LogP contribution in [0.4, 0.5) is 0 Å². The highest BCUT2D eigenvalue weighted by molar-refractivity contribution is 8.33. The van der Waals surface area contributed by atoms with Gasteiger partial charge >= 0.3 is 7.12 Å². The fraction of sp³-hybridized carbons (Fsp3) is 0.0769. The molecule has 0 spiro atoms. The summed E-state index contributed by atoms with van der Waals surface area (Å²) >= 11 is 0. The SMILES string of the molecule is CS1(C)c2ccccc2-c2cc3c4cc(B(O)O)ccc4n(-c4ccccc4)c3cc21. The second-order valence-electron chi connectivity index (χ2n) is 8.51. The number of rotatable bonds is 2. The van der Waals surface area contributed by atoms with Gasteiger partial charge in [-0.15, -0.1) is 0 Å². The summed E-state index contributed by atoms with van der Waals surface area (Å²) in [5, 5.41) is 21.7. The predicted octanol–water partition coefficient (Wildman–Crippen LogP) is 4.93. The average molecular weight is 423 g/mol. The lowest BCUT2D eigenvalue weighted by Gasteiger charge is -2.28. The third-order valence-electron chi connectivity index (χ3n) is 6.48. The molecular formula is C26H22BNO2S. The number of para-hydroxylation sites is 1. The van der Waals surface area contributed by atoms with Crippen LogP contribution >= 0.6 is 10.0 Å². The molecule has 0 saturated carbocycles. The molecule has 0 fully saturated rings. The average Bonchev–Trinajstić information content (AvgIpc) is 3.22. The van der Waals surface area contributed by atoms with E-state index in [1.54, 1.807) is 6.07 Å². The van der Waals surface area contributed by atoms with Crippen LogP contribution in [0.5, 0.6) is 0 Å². The first kappa shape index (κ1) is 18.8. The van der Waals surface area contributed by atoms with E-state index in [2.05, 4.69) is 77.7 Å².